The number of ether oxygens (including phenoxy) is 2. The minimum absolute atomic E-state index is 0.133. The molecule has 3 aliphatic heterocycles. The Hall–Kier alpha value is -2.33. The van der Waals surface area contributed by atoms with Crippen LogP contribution >= 0.6 is 0 Å². The highest BCUT2D eigenvalue weighted by Gasteiger charge is 2.50. The van der Waals surface area contributed by atoms with Gasteiger partial charge >= 0.3 is 6.01 Å². The molecule has 10 heteroatoms. The normalized spacial score (nSPS) is 27.7. The average Bonchev–Trinajstić information content (AvgIpc) is 3.24. The van der Waals surface area contributed by atoms with Crippen LogP contribution in [0.2, 0.25) is 0 Å². The third kappa shape index (κ3) is 3.48. The lowest BCUT2D eigenvalue weighted by atomic mass is 9.75. The van der Waals surface area contributed by atoms with E-state index in [0.29, 0.717) is 43.3 Å². The van der Waals surface area contributed by atoms with Crippen LogP contribution in [-0.2, 0) is 0 Å². The molecule has 0 N–H and O–H groups in total. The Balaban J connectivity index is 1.40. The molecule has 34 heavy (non-hydrogen) atoms. The molecule has 1 spiro atoms. The fourth-order valence-corrected chi connectivity index (χ4v) is 6.20. The summed E-state index contributed by atoms with van der Waals surface area (Å²) in [7, 11) is 4.07. The van der Waals surface area contributed by atoms with Crippen molar-refractivity contribution in [1.29, 1.82) is 0 Å². The predicted octanol–water partition coefficient (Wildman–Crippen LogP) is 2.80. The van der Waals surface area contributed by atoms with Crippen molar-refractivity contribution in [2.75, 3.05) is 58.4 Å². The summed E-state index contributed by atoms with van der Waals surface area (Å²) in [4.78, 5) is 20.1. The molecule has 0 amide bonds. The van der Waals surface area contributed by atoms with Gasteiger partial charge < -0.3 is 19.3 Å². The molecule has 2 aromatic rings. The van der Waals surface area contributed by atoms with Gasteiger partial charge in [0.1, 0.15) is 36.1 Å². The van der Waals surface area contributed by atoms with Gasteiger partial charge in [-0.15, -0.1) is 0 Å². The number of anilines is 1. The number of hydrogen-bond acceptors (Lipinski definition) is 8. The van der Waals surface area contributed by atoms with Crippen molar-refractivity contribution < 1.29 is 18.3 Å². The molecule has 0 unspecified atom stereocenters. The molecule has 4 aliphatic rings. The quantitative estimate of drug-likeness (QED) is 0.633. The summed E-state index contributed by atoms with van der Waals surface area (Å²) < 4.78 is 41.5. The monoisotopic (exact) mass is 474 g/mol. The van der Waals surface area contributed by atoms with Crippen LogP contribution in [-0.4, -0.2) is 95.5 Å². The number of pyridine rings is 1. The number of nitrogens with zero attached hydrogens (tertiary/aromatic N) is 6. The van der Waals surface area contributed by atoms with E-state index in [1.54, 1.807) is 0 Å². The highest BCUT2D eigenvalue weighted by Crippen LogP contribution is 2.47. The van der Waals surface area contributed by atoms with Gasteiger partial charge in [0.2, 0.25) is 5.88 Å². The zero-order valence-corrected chi connectivity index (χ0v) is 19.9. The second-order valence-electron chi connectivity index (χ2n) is 10.7. The van der Waals surface area contributed by atoms with E-state index in [9.17, 15) is 4.39 Å². The topological polar surface area (TPSA) is 66.9 Å². The summed E-state index contributed by atoms with van der Waals surface area (Å²) in [5.74, 6) is 0.461. The van der Waals surface area contributed by atoms with Crippen molar-refractivity contribution in [2.24, 2.45) is 0 Å². The average molecular weight is 475 g/mol. The minimum atomic E-state index is -0.839. The summed E-state index contributed by atoms with van der Waals surface area (Å²) in [6.07, 6.45) is 5.77. The van der Waals surface area contributed by atoms with E-state index >= 15 is 4.39 Å². The third-order valence-corrected chi connectivity index (χ3v) is 8.20. The molecule has 0 aromatic carbocycles. The smallest absolute Gasteiger partial charge is 0.319 e. The van der Waals surface area contributed by atoms with Crippen LogP contribution in [0.15, 0.2) is 6.20 Å². The molecule has 2 saturated heterocycles. The number of likely N-dealkylation sites (N-methyl/N-ethyl adjacent to an activating group) is 1. The molecule has 3 fully saturated rings. The molecule has 1 aliphatic carbocycles. The first-order chi connectivity index (χ1) is 16.4. The van der Waals surface area contributed by atoms with Gasteiger partial charge in [0.05, 0.1) is 17.3 Å². The Morgan fingerprint density at radius 1 is 1.24 bits per heavy atom. The van der Waals surface area contributed by atoms with E-state index in [4.69, 9.17) is 14.5 Å². The summed E-state index contributed by atoms with van der Waals surface area (Å²) in [5.41, 5.74) is -0.358. The summed E-state index contributed by atoms with van der Waals surface area (Å²) in [6, 6.07) is 0.133. The van der Waals surface area contributed by atoms with Crippen LogP contribution in [0.5, 0.6) is 11.9 Å². The fraction of sp³-hybridized carbons (Fsp3) is 0.708. The fourth-order valence-electron chi connectivity index (χ4n) is 6.20. The Labute approximate surface area is 198 Å². The van der Waals surface area contributed by atoms with Crippen molar-refractivity contribution in [1.82, 2.24) is 24.8 Å². The molecular weight excluding hydrogens is 442 g/mol. The Morgan fingerprint density at radius 3 is 2.85 bits per heavy atom. The van der Waals surface area contributed by atoms with E-state index in [0.717, 1.165) is 57.9 Å². The molecule has 184 valence electrons. The lowest BCUT2D eigenvalue weighted by Crippen LogP contribution is -2.59. The molecule has 0 radical (unpaired) electrons. The molecule has 2 atom stereocenters. The van der Waals surface area contributed by atoms with Gasteiger partial charge in [-0.25, -0.2) is 13.8 Å². The van der Waals surface area contributed by atoms with Crippen LogP contribution < -0.4 is 14.4 Å². The van der Waals surface area contributed by atoms with Crippen molar-refractivity contribution in [3.63, 3.8) is 0 Å². The van der Waals surface area contributed by atoms with Gasteiger partial charge in [-0.3, -0.25) is 4.90 Å². The van der Waals surface area contributed by atoms with Crippen LogP contribution in [0.3, 0.4) is 0 Å². The van der Waals surface area contributed by atoms with Gasteiger partial charge in [0, 0.05) is 26.1 Å². The van der Waals surface area contributed by atoms with Gasteiger partial charge in [0.25, 0.3) is 0 Å². The molecule has 6 rings (SSSR count). The second-order valence-corrected chi connectivity index (χ2v) is 10.7. The van der Waals surface area contributed by atoms with E-state index in [1.165, 1.54) is 0 Å². The van der Waals surface area contributed by atoms with Gasteiger partial charge in [-0.2, -0.15) is 9.97 Å². The van der Waals surface area contributed by atoms with Crippen molar-refractivity contribution in [3.05, 3.63) is 12.0 Å². The Morgan fingerprint density at radius 2 is 2.09 bits per heavy atom. The summed E-state index contributed by atoms with van der Waals surface area (Å²) in [6.45, 7) is 3.66. The van der Waals surface area contributed by atoms with E-state index in [2.05, 4.69) is 24.7 Å². The largest absolute Gasteiger partial charge is 0.475 e. The van der Waals surface area contributed by atoms with E-state index < -0.39 is 12.0 Å². The Bertz CT molecular complexity index is 1100. The number of halogens is 2. The molecule has 5 heterocycles. The molecule has 2 aromatic heterocycles. The van der Waals surface area contributed by atoms with E-state index in [-0.39, 0.29) is 22.6 Å². The van der Waals surface area contributed by atoms with Crippen LogP contribution in [0.25, 0.3) is 10.9 Å². The molecule has 1 saturated carbocycles. The first kappa shape index (κ1) is 22.2. The first-order valence-electron chi connectivity index (χ1n) is 12.3. The lowest BCUT2D eigenvalue weighted by molar-refractivity contribution is 0.107. The van der Waals surface area contributed by atoms with Crippen molar-refractivity contribution in [2.45, 2.75) is 55.8 Å². The first-order valence-corrected chi connectivity index (χ1v) is 12.3. The number of rotatable bonds is 6. The minimum Gasteiger partial charge on any atom is -0.475 e. The maximum atomic E-state index is 15.0. The summed E-state index contributed by atoms with van der Waals surface area (Å²) >= 11 is 0. The lowest BCUT2D eigenvalue weighted by Gasteiger charge is -2.49. The second kappa shape index (κ2) is 8.12. The standard InChI is InChI=1S/C24H32F2N6O2/c1-30(2)9-10-32-20-18-19(17(26)12-27-21(18)33-14-23(32)5-3-6-23)28-22(29-20)34-15-24-7-4-8-31(24)13-16(25)11-24/h12,16H,3-11,13-15H2,1-2H3/t16-,24+/m1/s1. The number of fused-ring (bicyclic) bond motifs is 1. The van der Waals surface area contributed by atoms with E-state index in [1.807, 2.05) is 14.1 Å². The summed E-state index contributed by atoms with van der Waals surface area (Å²) in [5, 5.41) is 0.500. The third-order valence-electron chi connectivity index (χ3n) is 8.20. The van der Waals surface area contributed by atoms with Crippen molar-refractivity contribution >= 4 is 16.7 Å². The van der Waals surface area contributed by atoms with Gasteiger partial charge in [-0.05, 0) is 52.7 Å². The maximum absolute atomic E-state index is 15.0. The molecule has 0 bridgehead atoms. The van der Waals surface area contributed by atoms with Crippen LogP contribution in [0, 0.1) is 5.82 Å². The number of aromatic nitrogens is 3. The van der Waals surface area contributed by atoms with Crippen molar-refractivity contribution in [3.8, 4) is 11.9 Å². The number of hydrogen-bond donors (Lipinski definition) is 0. The zero-order chi connectivity index (χ0) is 23.5. The highest BCUT2D eigenvalue weighted by atomic mass is 19.1. The van der Waals surface area contributed by atoms with Crippen LogP contribution in [0.1, 0.15) is 38.5 Å². The van der Waals surface area contributed by atoms with Crippen LogP contribution in [0.4, 0.5) is 14.6 Å². The zero-order valence-electron chi connectivity index (χ0n) is 19.9. The highest BCUT2D eigenvalue weighted by molar-refractivity contribution is 5.95. The van der Waals surface area contributed by atoms with Gasteiger partial charge in [0.15, 0.2) is 5.82 Å². The SMILES string of the molecule is CN(C)CCN1c2nc(OC[C@@]34CCCN3C[C@H](F)C4)nc3c(F)cnc(c23)OCC12CCC2. The Kier molecular flexibility index (Phi) is 5.29. The predicted molar refractivity (Wildman–Crippen MR) is 124 cm³/mol. The van der Waals surface area contributed by atoms with Gasteiger partial charge in [-0.1, -0.05) is 0 Å². The number of alkyl halides is 1. The molecular formula is C24H32F2N6O2. The molecule has 8 nitrogen and oxygen atoms in total. The maximum Gasteiger partial charge on any atom is 0.319 e.